The second-order valence-corrected chi connectivity index (χ2v) is 10.3. The van der Waals surface area contributed by atoms with Crippen LogP contribution in [0.15, 0.2) is 48.5 Å². The Bertz CT molecular complexity index is 1430. The Morgan fingerprint density at radius 3 is 2.41 bits per heavy atom. The molecular weight excluding hydrogens is 549 g/mol. The summed E-state index contributed by atoms with van der Waals surface area (Å²) in [6, 6.07) is 9.24. The van der Waals surface area contributed by atoms with E-state index in [1.54, 1.807) is 6.92 Å². The Morgan fingerprint density at radius 2 is 1.78 bits per heavy atom. The Morgan fingerprint density at radius 1 is 1.00 bits per heavy atom. The Kier molecular flexibility index (Phi) is 8.19. The number of halogens is 5. The lowest BCUT2D eigenvalue weighted by atomic mass is 9.98. The topological polar surface area (TPSA) is 77.0 Å². The zero-order valence-corrected chi connectivity index (χ0v) is 22.1. The summed E-state index contributed by atoms with van der Waals surface area (Å²) >= 11 is 0. The van der Waals surface area contributed by atoms with Gasteiger partial charge in [0.15, 0.2) is 11.6 Å². The third-order valence-corrected chi connectivity index (χ3v) is 7.09. The normalized spacial score (nSPS) is 19.1. The van der Waals surface area contributed by atoms with Gasteiger partial charge in [0.2, 0.25) is 0 Å². The molecular formula is C30H28F5NO5. The van der Waals surface area contributed by atoms with Crippen LogP contribution in [0, 0.1) is 18.6 Å². The van der Waals surface area contributed by atoms with Gasteiger partial charge in [0.25, 0.3) is 5.91 Å². The zero-order chi connectivity index (χ0) is 29.3. The molecule has 2 unspecified atom stereocenters. The summed E-state index contributed by atoms with van der Waals surface area (Å²) in [6.07, 6.45) is -3.32. The van der Waals surface area contributed by atoms with Crippen molar-refractivity contribution in [2.45, 2.75) is 56.9 Å². The molecule has 1 saturated carbocycles. The third kappa shape index (κ3) is 6.79. The number of anilines is 1. The molecule has 11 heteroatoms. The van der Waals surface area contributed by atoms with E-state index in [-0.39, 0.29) is 53.7 Å². The molecule has 0 spiro atoms. The zero-order valence-electron chi connectivity index (χ0n) is 22.1. The van der Waals surface area contributed by atoms with Crippen LogP contribution in [-0.2, 0) is 10.9 Å². The number of benzene rings is 3. The highest BCUT2D eigenvalue weighted by Gasteiger charge is 2.40. The second kappa shape index (κ2) is 11.7. The van der Waals surface area contributed by atoms with Crippen molar-refractivity contribution in [2.24, 2.45) is 0 Å². The number of nitrogens with one attached hydrogen (secondary N) is 1. The molecule has 0 aromatic heterocycles. The van der Waals surface area contributed by atoms with E-state index in [1.807, 2.05) is 0 Å². The van der Waals surface area contributed by atoms with E-state index in [0.29, 0.717) is 31.2 Å². The Balaban J connectivity index is 1.44. The van der Waals surface area contributed by atoms with E-state index < -0.39 is 40.9 Å². The van der Waals surface area contributed by atoms with Gasteiger partial charge in [-0.3, -0.25) is 4.79 Å². The van der Waals surface area contributed by atoms with E-state index in [1.165, 1.54) is 30.3 Å². The van der Waals surface area contributed by atoms with Gasteiger partial charge in [-0.25, -0.2) is 8.78 Å². The summed E-state index contributed by atoms with van der Waals surface area (Å²) in [7, 11) is 0. The minimum atomic E-state index is -4.72. The molecule has 3 aromatic carbocycles. The minimum Gasteiger partial charge on any atom is -0.485 e. The molecule has 3 aromatic rings. The number of aliphatic hydroxyl groups excluding tert-OH is 1. The highest BCUT2D eigenvalue weighted by atomic mass is 19.4. The molecule has 2 aliphatic rings. The van der Waals surface area contributed by atoms with Crippen LogP contribution >= 0.6 is 0 Å². The summed E-state index contributed by atoms with van der Waals surface area (Å²) < 4.78 is 87.4. The maximum atomic E-state index is 14.5. The molecule has 2 atom stereocenters. The number of hydrogen-bond donors (Lipinski definition) is 2. The highest BCUT2D eigenvalue weighted by Crippen LogP contribution is 2.48. The molecule has 218 valence electrons. The molecule has 1 saturated heterocycles. The molecule has 1 aliphatic heterocycles. The molecule has 2 N–H and O–H groups in total. The minimum absolute atomic E-state index is 0.0272. The van der Waals surface area contributed by atoms with Gasteiger partial charge in [-0.15, -0.1) is 0 Å². The first-order valence-electron chi connectivity index (χ1n) is 13.2. The van der Waals surface area contributed by atoms with E-state index in [4.69, 9.17) is 14.2 Å². The van der Waals surface area contributed by atoms with Crippen molar-refractivity contribution in [3.63, 3.8) is 0 Å². The number of rotatable bonds is 8. The van der Waals surface area contributed by atoms with Crippen LogP contribution < -0.4 is 14.8 Å². The molecule has 0 bridgehead atoms. The largest absolute Gasteiger partial charge is 0.485 e. The second-order valence-electron chi connectivity index (χ2n) is 10.3. The number of carbonyl (C=O) groups is 1. The van der Waals surface area contributed by atoms with Crippen molar-refractivity contribution >= 4 is 11.6 Å². The van der Waals surface area contributed by atoms with Gasteiger partial charge in [0, 0.05) is 11.8 Å². The molecule has 5 rings (SSSR count). The number of aryl methyl sites for hydroxylation is 1. The number of alkyl halides is 3. The lowest BCUT2D eigenvalue weighted by Crippen LogP contribution is -2.35. The van der Waals surface area contributed by atoms with Gasteiger partial charge in [-0.1, -0.05) is 0 Å². The predicted octanol–water partition coefficient (Wildman–Crippen LogP) is 7.13. The quantitative estimate of drug-likeness (QED) is 0.279. The van der Waals surface area contributed by atoms with Gasteiger partial charge >= 0.3 is 6.18 Å². The first-order chi connectivity index (χ1) is 19.5. The fourth-order valence-corrected chi connectivity index (χ4v) is 4.75. The molecule has 1 heterocycles. The average Bonchev–Trinajstić information content (AvgIpc) is 3.77. The van der Waals surface area contributed by atoms with Crippen LogP contribution in [0.2, 0.25) is 0 Å². The van der Waals surface area contributed by atoms with E-state index >= 15 is 0 Å². The number of ether oxygens (including phenoxy) is 3. The van der Waals surface area contributed by atoms with Crippen LogP contribution in [0.4, 0.5) is 27.6 Å². The highest BCUT2D eigenvalue weighted by molar-refractivity contribution is 6.06. The van der Waals surface area contributed by atoms with E-state index in [0.717, 1.165) is 18.2 Å². The summed E-state index contributed by atoms with van der Waals surface area (Å²) in [5.74, 6) is -2.55. The summed E-state index contributed by atoms with van der Waals surface area (Å²) in [6.45, 7) is 1.58. The molecule has 1 aliphatic carbocycles. The number of carbonyl (C=O) groups excluding carboxylic acids is 1. The average molecular weight is 578 g/mol. The Labute approximate surface area is 233 Å². The van der Waals surface area contributed by atoms with Crippen LogP contribution in [0.25, 0.3) is 0 Å². The maximum Gasteiger partial charge on any atom is 0.416 e. The van der Waals surface area contributed by atoms with Gasteiger partial charge in [0.05, 0.1) is 30.4 Å². The molecule has 41 heavy (non-hydrogen) atoms. The van der Waals surface area contributed by atoms with Crippen molar-refractivity contribution in [1.29, 1.82) is 0 Å². The lowest BCUT2D eigenvalue weighted by Gasteiger charge is -2.28. The Hall–Kier alpha value is -3.70. The maximum absolute atomic E-state index is 14.5. The van der Waals surface area contributed by atoms with Crippen molar-refractivity contribution in [2.75, 3.05) is 18.5 Å². The number of amides is 1. The van der Waals surface area contributed by atoms with Crippen LogP contribution in [0.3, 0.4) is 0 Å². The lowest BCUT2D eigenvalue weighted by molar-refractivity contribution is -0.138. The van der Waals surface area contributed by atoms with Crippen molar-refractivity contribution in [3.8, 4) is 17.2 Å². The molecule has 0 radical (unpaired) electrons. The summed E-state index contributed by atoms with van der Waals surface area (Å²) in [4.78, 5) is 13.4. The predicted molar refractivity (Wildman–Crippen MR) is 139 cm³/mol. The summed E-state index contributed by atoms with van der Waals surface area (Å²) in [5.41, 5.74) is -0.830. The summed E-state index contributed by atoms with van der Waals surface area (Å²) in [5, 5.41) is 11.7. The van der Waals surface area contributed by atoms with Crippen LogP contribution in [-0.4, -0.2) is 36.4 Å². The first-order valence-corrected chi connectivity index (χ1v) is 13.2. The van der Waals surface area contributed by atoms with Crippen LogP contribution in [0.5, 0.6) is 17.2 Å². The van der Waals surface area contributed by atoms with Gasteiger partial charge < -0.3 is 24.6 Å². The SMILES string of the molecule is Cc1cc(F)ccc1Oc1cc(C2CC2)c(C(F)(F)F)cc1C(=O)Nc1ccc(F)c(OC2CCC(CO)OC2)c1. The fraction of sp³-hybridized carbons (Fsp3) is 0.367. The van der Waals surface area contributed by atoms with Crippen molar-refractivity contribution < 1.29 is 46.1 Å². The fourth-order valence-electron chi connectivity index (χ4n) is 4.75. The molecule has 6 nitrogen and oxygen atoms in total. The van der Waals surface area contributed by atoms with E-state index in [2.05, 4.69) is 5.32 Å². The van der Waals surface area contributed by atoms with Gasteiger partial charge in [-0.05, 0) is 92.1 Å². The number of aliphatic hydroxyl groups is 1. The number of hydrogen-bond acceptors (Lipinski definition) is 5. The standard InChI is InChI=1S/C30H28F5NO5/c1-16-10-18(31)4-9-26(16)41-27-13-22(17-2-3-17)24(30(33,34)35)12-23(27)29(38)36-19-5-8-25(32)28(11-19)40-21-7-6-20(14-37)39-15-21/h4-5,8-13,17,20-21,37H,2-3,6-7,14-15H2,1H3,(H,36,38). The first kappa shape index (κ1) is 28.8. The van der Waals surface area contributed by atoms with Crippen LogP contribution in [0.1, 0.15) is 58.6 Å². The third-order valence-electron chi connectivity index (χ3n) is 7.09. The molecule has 1 amide bonds. The smallest absolute Gasteiger partial charge is 0.416 e. The monoisotopic (exact) mass is 577 g/mol. The van der Waals surface area contributed by atoms with Crippen molar-refractivity contribution in [3.05, 3.63) is 82.4 Å². The van der Waals surface area contributed by atoms with Crippen molar-refractivity contribution in [1.82, 2.24) is 0 Å². The van der Waals surface area contributed by atoms with E-state index in [9.17, 15) is 31.9 Å². The molecule has 2 fully saturated rings. The van der Waals surface area contributed by atoms with Gasteiger partial charge in [-0.2, -0.15) is 13.2 Å². The van der Waals surface area contributed by atoms with Gasteiger partial charge in [0.1, 0.15) is 23.4 Å².